The number of nitrogens with zero attached hydrogens (tertiary/aromatic N) is 1. The molecule has 1 aliphatic heterocycles. The molecule has 28 heavy (non-hydrogen) atoms. The average Bonchev–Trinajstić information content (AvgIpc) is 2.92. The molecule has 0 unspecified atom stereocenters. The van der Waals surface area contributed by atoms with Gasteiger partial charge in [-0.15, -0.1) is 0 Å². The van der Waals surface area contributed by atoms with Crippen LogP contribution in [-0.4, -0.2) is 23.3 Å². The minimum atomic E-state index is -0.577. The number of methoxy groups -OCH3 is 1. The van der Waals surface area contributed by atoms with Crippen LogP contribution in [0.25, 0.3) is 6.08 Å². The van der Waals surface area contributed by atoms with Crippen molar-refractivity contribution in [1.29, 1.82) is 0 Å². The van der Waals surface area contributed by atoms with Gasteiger partial charge < -0.3 is 9.47 Å². The quantitative estimate of drug-likeness (QED) is 0.296. The molecule has 0 N–H and O–H groups in total. The minimum Gasteiger partial charge on any atom is -0.493 e. The van der Waals surface area contributed by atoms with Crippen LogP contribution in [0, 0.1) is 5.82 Å². The zero-order chi connectivity index (χ0) is 20.4. The first-order chi connectivity index (χ1) is 13.3. The number of carbonyl (C=O) groups excluding carboxylic acids is 2. The fourth-order valence-electron chi connectivity index (χ4n) is 2.48. The van der Waals surface area contributed by atoms with E-state index in [4.69, 9.17) is 33.3 Å². The normalized spacial score (nSPS) is 15.3. The molecule has 144 valence electrons. The third-order valence-corrected chi connectivity index (χ3v) is 5.29. The number of benzene rings is 2. The Morgan fingerprint density at radius 2 is 2.00 bits per heavy atom. The van der Waals surface area contributed by atoms with Gasteiger partial charge in [0.25, 0.3) is 5.91 Å². The second-order valence-electron chi connectivity index (χ2n) is 5.62. The fourth-order valence-corrected chi connectivity index (χ4v) is 3.95. The van der Waals surface area contributed by atoms with Crippen molar-refractivity contribution in [2.45, 2.75) is 6.92 Å². The molecule has 1 fully saturated rings. The summed E-state index contributed by atoms with van der Waals surface area (Å²) in [5.74, 6) is -0.762. The molecule has 0 aromatic heterocycles. The van der Waals surface area contributed by atoms with E-state index in [1.807, 2.05) is 0 Å². The number of hydrogen-bond acceptors (Lipinski definition) is 6. The van der Waals surface area contributed by atoms with Gasteiger partial charge >= 0.3 is 5.97 Å². The topological polar surface area (TPSA) is 55.8 Å². The number of ether oxygens (including phenoxy) is 2. The van der Waals surface area contributed by atoms with Gasteiger partial charge in [0, 0.05) is 6.92 Å². The van der Waals surface area contributed by atoms with E-state index in [2.05, 4.69) is 0 Å². The summed E-state index contributed by atoms with van der Waals surface area (Å²) in [6.45, 7) is 1.29. The summed E-state index contributed by atoms with van der Waals surface area (Å²) in [4.78, 5) is 25.6. The zero-order valence-corrected chi connectivity index (χ0v) is 17.1. The van der Waals surface area contributed by atoms with Crippen molar-refractivity contribution < 1.29 is 23.5 Å². The summed E-state index contributed by atoms with van der Waals surface area (Å²) >= 11 is 12.2. The maximum atomic E-state index is 13.4. The van der Waals surface area contributed by atoms with Crippen LogP contribution < -0.4 is 14.4 Å². The highest BCUT2D eigenvalue weighted by atomic mass is 35.5. The summed E-state index contributed by atoms with van der Waals surface area (Å²) in [5.41, 5.74) is 1.05. The lowest BCUT2D eigenvalue weighted by atomic mass is 10.2. The first-order valence-electron chi connectivity index (χ1n) is 7.89. The number of anilines is 1. The predicted octanol–water partition coefficient (Wildman–Crippen LogP) is 4.82. The number of carbonyl (C=O) groups is 2. The Kier molecular flexibility index (Phi) is 6.02. The van der Waals surface area contributed by atoms with Gasteiger partial charge in [-0.3, -0.25) is 14.5 Å². The van der Waals surface area contributed by atoms with Crippen LogP contribution in [-0.2, 0) is 9.59 Å². The molecule has 0 radical (unpaired) electrons. The molecule has 2 aromatic rings. The van der Waals surface area contributed by atoms with Gasteiger partial charge in [-0.2, -0.15) is 0 Å². The summed E-state index contributed by atoms with van der Waals surface area (Å²) in [6.07, 6.45) is 1.64. The number of esters is 1. The molecule has 2 aromatic carbocycles. The number of rotatable bonds is 4. The lowest BCUT2D eigenvalue weighted by Crippen LogP contribution is -2.27. The first-order valence-corrected chi connectivity index (χ1v) is 9.50. The van der Waals surface area contributed by atoms with Gasteiger partial charge in [0.2, 0.25) is 0 Å². The first kappa shape index (κ1) is 20.3. The third-order valence-electron chi connectivity index (χ3n) is 3.69. The molecule has 3 rings (SSSR count). The molecule has 0 spiro atoms. The SMILES string of the molecule is COc1cc(/C=C2\SC(=S)N(c3ccc(F)c(Cl)c3)C2=O)ccc1OC(C)=O. The highest BCUT2D eigenvalue weighted by Crippen LogP contribution is 2.38. The van der Waals surface area contributed by atoms with E-state index in [0.29, 0.717) is 26.2 Å². The van der Waals surface area contributed by atoms with E-state index < -0.39 is 11.8 Å². The molecule has 1 heterocycles. The Bertz CT molecular complexity index is 1020. The van der Waals surface area contributed by atoms with E-state index in [1.165, 1.54) is 37.1 Å². The molecule has 9 heteroatoms. The zero-order valence-electron chi connectivity index (χ0n) is 14.7. The van der Waals surface area contributed by atoms with Crippen molar-refractivity contribution in [3.63, 3.8) is 0 Å². The Labute approximate surface area is 175 Å². The monoisotopic (exact) mass is 437 g/mol. The van der Waals surface area contributed by atoms with Gasteiger partial charge in [0.05, 0.1) is 22.7 Å². The largest absolute Gasteiger partial charge is 0.493 e. The highest BCUT2D eigenvalue weighted by molar-refractivity contribution is 8.27. The Morgan fingerprint density at radius 3 is 2.64 bits per heavy atom. The van der Waals surface area contributed by atoms with E-state index in [1.54, 1.807) is 24.3 Å². The van der Waals surface area contributed by atoms with E-state index in [-0.39, 0.29) is 16.7 Å². The Morgan fingerprint density at radius 1 is 1.25 bits per heavy atom. The molecule has 0 aliphatic carbocycles. The summed E-state index contributed by atoms with van der Waals surface area (Å²) < 4.78 is 24.0. The van der Waals surface area contributed by atoms with Crippen molar-refractivity contribution in [3.8, 4) is 11.5 Å². The molecule has 5 nitrogen and oxygen atoms in total. The molecule has 1 saturated heterocycles. The number of amides is 1. The Balaban J connectivity index is 1.91. The van der Waals surface area contributed by atoms with Crippen molar-refractivity contribution >= 4 is 63.5 Å². The smallest absolute Gasteiger partial charge is 0.308 e. The van der Waals surface area contributed by atoms with Gasteiger partial charge in [-0.05, 0) is 42.0 Å². The molecule has 0 saturated carbocycles. The van der Waals surface area contributed by atoms with Gasteiger partial charge in [0.1, 0.15) is 5.82 Å². The maximum absolute atomic E-state index is 13.4. The highest BCUT2D eigenvalue weighted by Gasteiger charge is 2.33. The molecular weight excluding hydrogens is 425 g/mol. The van der Waals surface area contributed by atoms with Crippen LogP contribution >= 0.6 is 35.6 Å². The third kappa shape index (κ3) is 4.19. The summed E-state index contributed by atoms with van der Waals surface area (Å²) in [6, 6.07) is 8.86. The molecule has 0 bridgehead atoms. The number of hydrogen-bond donors (Lipinski definition) is 0. The van der Waals surface area contributed by atoms with Crippen molar-refractivity contribution in [2.75, 3.05) is 12.0 Å². The predicted molar refractivity (Wildman–Crippen MR) is 111 cm³/mol. The standard InChI is InChI=1S/C19H13ClFNO4S2/c1-10(23)26-15-6-3-11(7-16(15)25-2)8-17-18(24)22(19(27)28-17)12-4-5-14(21)13(20)9-12/h3-9H,1-2H3/b17-8-. The lowest BCUT2D eigenvalue weighted by Gasteiger charge is -2.14. The number of thioether (sulfide) groups is 1. The molecule has 1 amide bonds. The van der Waals surface area contributed by atoms with Crippen LogP contribution in [0.15, 0.2) is 41.3 Å². The molecule has 1 aliphatic rings. The Hall–Kier alpha value is -2.42. The van der Waals surface area contributed by atoms with Crippen LogP contribution in [0.5, 0.6) is 11.5 Å². The summed E-state index contributed by atoms with van der Waals surface area (Å²) in [5, 5.41) is -0.0960. The minimum absolute atomic E-state index is 0.0960. The van der Waals surface area contributed by atoms with Crippen LogP contribution in [0.4, 0.5) is 10.1 Å². The molecule has 0 atom stereocenters. The van der Waals surface area contributed by atoms with Gasteiger partial charge in [-0.25, -0.2) is 4.39 Å². The maximum Gasteiger partial charge on any atom is 0.308 e. The average molecular weight is 438 g/mol. The van der Waals surface area contributed by atoms with Gasteiger partial charge in [-0.1, -0.05) is 41.6 Å². The van der Waals surface area contributed by atoms with Crippen molar-refractivity contribution in [2.24, 2.45) is 0 Å². The van der Waals surface area contributed by atoms with Gasteiger partial charge in [0.15, 0.2) is 15.8 Å². The fraction of sp³-hybridized carbons (Fsp3) is 0.105. The van der Waals surface area contributed by atoms with Crippen LogP contribution in [0.1, 0.15) is 12.5 Å². The molecular formula is C19H13ClFNO4S2. The van der Waals surface area contributed by atoms with Crippen LogP contribution in [0.3, 0.4) is 0 Å². The van der Waals surface area contributed by atoms with Crippen molar-refractivity contribution in [3.05, 3.63) is 57.7 Å². The second kappa shape index (κ2) is 8.30. The summed E-state index contributed by atoms with van der Waals surface area (Å²) in [7, 11) is 1.45. The lowest BCUT2D eigenvalue weighted by molar-refractivity contribution is -0.132. The van der Waals surface area contributed by atoms with E-state index >= 15 is 0 Å². The van der Waals surface area contributed by atoms with Crippen molar-refractivity contribution in [1.82, 2.24) is 0 Å². The van der Waals surface area contributed by atoms with E-state index in [0.717, 1.165) is 11.8 Å². The van der Waals surface area contributed by atoms with Crippen LogP contribution in [0.2, 0.25) is 5.02 Å². The van der Waals surface area contributed by atoms with E-state index in [9.17, 15) is 14.0 Å². The number of thiocarbonyl (C=S) groups is 1. The second-order valence-corrected chi connectivity index (χ2v) is 7.70. The number of halogens is 2.